The van der Waals surface area contributed by atoms with E-state index in [-0.39, 0.29) is 12.3 Å². The Hall–Kier alpha value is -1.88. The molecule has 5 nitrogen and oxygen atoms in total. The first-order valence-electron chi connectivity index (χ1n) is 7.90. The summed E-state index contributed by atoms with van der Waals surface area (Å²) in [4.78, 5) is 23.0. The van der Waals surface area contributed by atoms with Crippen LogP contribution in [-0.4, -0.2) is 29.6 Å². The Bertz CT molecular complexity index is 448. The van der Waals surface area contributed by atoms with Crippen molar-refractivity contribution in [2.75, 3.05) is 6.54 Å². The van der Waals surface area contributed by atoms with Crippen LogP contribution in [0.3, 0.4) is 0 Å². The van der Waals surface area contributed by atoms with E-state index in [1.54, 1.807) is 0 Å². The molecule has 0 heterocycles. The fraction of sp³-hybridized carbons (Fsp3) is 0.529. The average molecular weight is 306 g/mol. The second-order valence-electron chi connectivity index (χ2n) is 5.37. The molecule has 3 N–H and O–H groups in total. The highest BCUT2D eigenvalue weighted by atomic mass is 16.4. The second-order valence-corrected chi connectivity index (χ2v) is 5.37. The van der Waals surface area contributed by atoms with E-state index < -0.39 is 12.0 Å². The fourth-order valence-corrected chi connectivity index (χ4v) is 2.16. The van der Waals surface area contributed by atoms with Gasteiger partial charge in [-0.05, 0) is 12.0 Å². The Kier molecular flexibility index (Phi) is 8.91. The van der Waals surface area contributed by atoms with Crippen molar-refractivity contribution < 1.29 is 14.7 Å². The number of carboxylic acids is 1. The van der Waals surface area contributed by atoms with Crippen LogP contribution in [-0.2, 0) is 16.1 Å². The number of hydrogen-bond acceptors (Lipinski definition) is 3. The first-order chi connectivity index (χ1) is 10.6. The van der Waals surface area contributed by atoms with Crippen LogP contribution in [0.5, 0.6) is 0 Å². The summed E-state index contributed by atoms with van der Waals surface area (Å²) in [6.07, 6.45) is 4.10. The van der Waals surface area contributed by atoms with Gasteiger partial charge in [-0.2, -0.15) is 0 Å². The van der Waals surface area contributed by atoms with Gasteiger partial charge in [0.1, 0.15) is 0 Å². The Balaban J connectivity index is 2.41. The van der Waals surface area contributed by atoms with Crippen molar-refractivity contribution in [1.29, 1.82) is 0 Å². The molecule has 0 saturated heterocycles. The summed E-state index contributed by atoms with van der Waals surface area (Å²) in [5, 5.41) is 14.8. The van der Waals surface area contributed by atoms with Gasteiger partial charge in [0.05, 0.1) is 12.5 Å². The third kappa shape index (κ3) is 7.78. The minimum absolute atomic E-state index is 0.215. The molecule has 1 aromatic rings. The van der Waals surface area contributed by atoms with Crippen molar-refractivity contribution in [2.24, 2.45) is 0 Å². The number of rotatable bonds is 11. The summed E-state index contributed by atoms with van der Waals surface area (Å²) in [6, 6.07) is 8.92. The van der Waals surface area contributed by atoms with E-state index >= 15 is 0 Å². The molecule has 0 saturated carbocycles. The first-order valence-corrected chi connectivity index (χ1v) is 7.90. The Morgan fingerprint density at radius 1 is 1.14 bits per heavy atom. The number of nitrogens with one attached hydrogen (secondary N) is 2. The highest BCUT2D eigenvalue weighted by Gasteiger charge is 2.20. The van der Waals surface area contributed by atoms with E-state index in [1.807, 2.05) is 30.3 Å². The lowest BCUT2D eigenvalue weighted by Gasteiger charge is -2.17. The molecule has 0 aromatic heterocycles. The van der Waals surface area contributed by atoms with Crippen molar-refractivity contribution in [2.45, 2.75) is 51.6 Å². The number of carboxylic acid groups (broad SMARTS) is 1. The zero-order valence-electron chi connectivity index (χ0n) is 13.2. The largest absolute Gasteiger partial charge is 0.481 e. The molecular formula is C17H26N2O3. The van der Waals surface area contributed by atoms with Gasteiger partial charge in [-0.15, -0.1) is 0 Å². The summed E-state index contributed by atoms with van der Waals surface area (Å²) in [5.41, 5.74) is 1.02. The van der Waals surface area contributed by atoms with Gasteiger partial charge >= 0.3 is 5.97 Å². The average Bonchev–Trinajstić information content (AvgIpc) is 2.51. The maximum absolute atomic E-state index is 12.1. The predicted molar refractivity (Wildman–Crippen MR) is 86.5 cm³/mol. The van der Waals surface area contributed by atoms with Gasteiger partial charge in [0.2, 0.25) is 5.91 Å². The molecule has 0 fully saturated rings. The van der Waals surface area contributed by atoms with E-state index in [9.17, 15) is 9.59 Å². The van der Waals surface area contributed by atoms with E-state index in [1.165, 1.54) is 0 Å². The molecule has 0 radical (unpaired) electrons. The molecule has 1 rings (SSSR count). The molecule has 0 aliphatic carbocycles. The van der Waals surface area contributed by atoms with Gasteiger partial charge in [-0.25, -0.2) is 0 Å². The molecule has 1 atom stereocenters. The monoisotopic (exact) mass is 306 g/mol. The van der Waals surface area contributed by atoms with E-state index in [0.717, 1.165) is 31.2 Å². The summed E-state index contributed by atoms with van der Waals surface area (Å²) in [6.45, 7) is 3.21. The zero-order valence-corrected chi connectivity index (χ0v) is 13.2. The predicted octanol–water partition coefficient (Wildman–Crippen LogP) is 2.32. The lowest BCUT2D eigenvalue weighted by atomic mass is 10.1. The number of benzene rings is 1. The molecule has 122 valence electrons. The van der Waals surface area contributed by atoms with Crippen LogP contribution in [0.4, 0.5) is 0 Å². The standard InChI is InChI=1S/C17H26N2O3/c1-2-3-4-8-11-18-17(22)15(12-16(20)21)19-13-14-9-6-5-7-10-14/h5-7,9-10,15,19H,2-4,8,11-13H2,1H3,(H,18,22)(H,20,21)/t15-/m1/s1. The van der Waals surface area contributed by atoms with Crippen LogP contribution in [0.15, 0.2) is 30.3 Å². The van der Waals surface area contributed by atoms with Crippen molar-refractivity contribution in [3.8, 4) is 0 Å². The summed E-state index contributed by atoms with van der Waals surface area (Å²) in [7, 11) is 0. The number of amides is 1. The number of unbranched alkanes of at least 4 members (excludes halogenated alkanes) is 3. The molecule has 22 heavy (non-hydrogen) atoms. The quantitative estimate of drug-likeness (QED) is 0.548. The number of carbonyl (C=O) groups excluding carboxylic acids is 1. The molecule has 0 spiro atoms. The van der Waals surface area contributed by atoms with Gasteiger partial charge in [0, 0.05) is 13.1 Å². The second kappa shape index (κ2) is 10.8. The van der Waals surface area contributed by atoms with Crippen LogP contribution in [0.1, 0.15) is 44.6 Å². The molecule has 5 heteroatoms. The Morgan fingerprint density at radius 3 is 2.50 bits per heavy atom. The van der Waals surface area contributed by atoms with Crippen LogP contribution in [0.2, 0.25) is 0 Å². The van der Waals surface area contributed by atoms with Gasteiger partial charge < -0.3 is 15.7 Å². The van der Waals surface area contributed by atoms with E-state index in [0.29, 0.717) is 13.1 Å². The topological polar surface area (TPSA) is 78.4 Å². The van der Waals surface area contributed by atoms with E-state index in [2.05, 4.69) is 17.6 Å². The van der Waals surface area contributed by atoms with Gasteiger partial charge in [0.15, 0.2) is 0 Å². The van der Waals surface area contributed by atoms with Gasteiger partial charge in [0.25, 0.3) is 0 Å². The van der Waals surface area contributed by atoms with Crippen molar-refractivity contribution in [3.63, 3.8) is 0 Å². The minimum atomic E-state index is -0.980. The fourth-order valence-electron chi connectivity index (χ4n) is 2.16. The third-order valence-corrected chi connectivity index (χ3v) is 3.42. The maximum atomic E-state index is 12.1. The van der Waals surface area contributed by atoms with Crippen molar-refractivity contribution in [3.05, 3.63) is 35.9 Å². The van der Waals surface area contributed by atoms with Crippen molar-refractivity contribution in [1.82, 2.24) is 10.6 Å². The SMILES string of the molecule is CCCCCCNC(=O)[C@@H](CC(=O)O)NCc1ccccc1. The third-order valence-electron chi connectivity index (χ3n) is 3.42. The maximum Gasteiger partial charge on any atom is 0.305 e. The lowest BCUT2D eigenvalue weighted by Crippen LogP contribution is -2.45. The molecule has 0 aliphatic heterocycles. The molecule has 0 unspecified atom stereocenters. The highest BCUT2D eigenvalue weighted by molar-refractivity contribution is 5.86. The van der Waals surface area contributed by atoms with E-state index in [4.69, 9.17) is 5.11 Å². The Morgan fingerprint density at radius 2 is 1.86 bits per heavy atom. The lowest BCUT2D eigenvalue weighted by molar-refractivity contribution is -0.140. The highest BCUT2D eigenvalue weighted by Crippen LogP contribution is 2.01. The molecule has 0 bridgehead atoms. The summed E-state index contributed by atoms with van der Waals surface area (Å²) in [5.74, 6) is -1.22. The smallest absolute Gasteiger partial charge is 0.305 e. The van der Waals surface area contributed by atoms with Crippen LogP contribution in [0.25, 0.3) is 0 Å². The zero-order chi connectivity index (χ0) is 16.2. The Labute approximate surface area is 132 Å². The van der Waals surface area contributed by atoms with Crippen LogP contribution >= 0.6 is 0 Å². The van der Waals surface area contributed by atoms with Gasteiger partial charge in [-0.1, -0.05) is 56.5 Å². The number of hydrogen-bond donors (Lipinski definition) is 3. The van der Waals surface area contributed by atoms with Crippen molar-refractivity contribution >= 4 is 11.9 Å². The number of carbonyl (C=O) groups is 2. The summed E-state index contributed by atoms with van der Waals surface area (Å²) < 4.78 is 0. The molecule has 1 amide bonds. The van der Waals surface area contributed by atoms with Crippen LogP contribution in [0, 0.1) is 0 Å². The minimum Gasteiger partial charge on any atom is -0.481 e. The summed E-state index contributed by atoms with van der Waals surface area (Å²) >= 11 is 0. The molecule has 1 aromatic carbocycles. The van der Waals surface area contributed by atoms with Crippen LogP contribution < -0.4 is 10.6 Å². The normalized spacial score (nSPS) is 11.9. The van der Waals surface area contributed by atoms with Gasteiger partial charge in [-0.3, -0.25) is 9.59 Å². The number of aliphatic carboxylic acids is 1. The molecular weight excluding hydrogens is 280 g/mol. The first kappa shape index (κ1) is 18.2. The molecule has 0 aliphatic rings.